The van der Waals surface area contributed by atoms with Crippen molar-refractivity contribution in [3.63, 3.8) is 0 Å². The number of imide groups is 1. The lowest BCUT2D eigenvalue weighted by molar-refractivity contribution is -0.139. The summed E-state index contributed by atoms with van der Waals surface area (Å²) < 4.78 is 5.04. The van der Waals surface area contributed by atoms with E-state index < -0.39 is 0 Å². The Bertz CT molecular complexity index is 253. The number of hydrogen-bond acceptors (Lipinski definition) is 3. The number of carbonyl (C=O) groups is 2. The Labute approximate surface area is 83.2 Å². The Morgan fingerprint density at radius 3 is 2.21 bits per heavy atom. The van der Waals surface area contributed by atoms with E-state index in [4.69, 9.17) is 4.74 Å². The number of carbonyl (C=O) groups excluding carboxylic acids is 2. The van der Waals surface area contributed by atoms with Crippen LogP contribution >= 0.6 is 0 Å². The normalized spacial score (nSPS) is 36.7. The summed E-state index contributed by atoms with van der Waals surface area (Å²) in [5.41, 5.74) is 0. The first-order chi connectivity index (χ1) is 6.61. The highest BCUT2D eigenvalue weighted by atomic mass is 16.6. The molecular weight excluding hydrogens is 182 g/mol. The van der Waals surface area contributed by atoms with Gasteiger partial charge >= 0.3 is 0 Å². The van der Waals surface area contributed by atoms with Gasteiger partial charge in [0.25, 0.3) is 0 Å². The predicted molar refractivity (Wildman–Crippen MR) is 49.4 cm³/mol. The number of hydrogen-bond donors (Lipinski definition) is 0. The fourth-order valence-electron chi connectivity index (χ4n) is 1.76. The maximum Gasteiger partial charge on any atom is 0.232 e. The second-order valence-electron chi connectivity index (χ2n) is 4.15. The Hall–Kier alpha value is -0.900. The molecule has 2 saturated heterocycles. The van der Waals surface area contributed by atoms with E-state index in [0.717, 1.165) is 13.0 Å². The Morgan fingerprint density at radius 2 is 1.79 bits per heavy atom. The maximum absolute atomic E-state index is 11.6. The van der Waals surface area contributed by atoms with Crippen molar-refractivity contribution in [1.29, 1.82) is 0 Å². The van der Waals surface area contributed by atoms with Crippen molar-refractivity contribution in [2.75, 3.05) is 13.2 Å². The number of likely N-dealkylation sites (tertiary alicyclic amines) is 1. The van der Waals surface area contributed by atoms with E-state index in [0.29, 0.717) is 6.54 Å². The van der Waals surface area contributed by atoms with Crippen LogP contribution in [0.15, 0.2) is 0 Å². The molecule has 3 unspecified atom stereocenters. The number of ether oxygens (including phenoxy) is 1. The molecule has 0 aromatic heterocycles. The van der Waals surface area contributed by atoms with Crippen molar-refractivity contribution in [3.05, 3.63) is 0 Å². The number of rotatable bonds is 3. The van der Waals surface area contributed by atoms with E-state index in [1.165, 1.54) is 4.90 Å². The van der Waals surface area contributed by atoms with E-state index in [1.807, 2.05) is 13.8 Å². The third-order valence-corrected chi connectivity index (χ3v) is 3.14. The van der Waals surface area contributed by atoms with Crippen LogP contribution in [-0.2, 0) is 14.3 Å². The lowest BCUT2D eigenvalue weighted by atomic mass is 10.00. The van der Waals surface area contributed by atoms with E-state index in [-0.39, 0.29) is 29.8 Å². The average molecular weight is 197 g/mol. The summed E-state index contributed by atoms with van der Waals surface area (Å²) in [4.78, 5) is 24.6. The molecule has 3 atom stereocenters. The van der Waals surface area contributed by atoms with Gasteiger partial charge in [0, 0.05) is 18.4 Å². The molecule has 14 heavy (non-hydrogen) atoms. The van der Waals surface area contributed by atoms with Crippen LogP contribution in [-0.4, -0.2) is 36.0 Å². The SMILES string of the molecule is CC1C(=O)N(CCC2CO2)C(=O)C1C. The van der Waals surface area contributed by atoms with Crippen LogP contribution in [0.4, 0.5) is 0 Å². The molecule has 0 N–H and O–H groups in total. The Morgan fingerprint density at radius 1 is 1.29 bits per heavy atom. The maximum atomic E-state index is 11.6. The molecule has 0 aromatic carbocycles. The third-order valence-electron chi connectivity index (χ3n) is 3.14. The molecule has 2 rings (SSSR count). The molecule has 0 bridgehead atoms. The predicted octanol–water partition coefficient (Wildman–Crippen LogP) is 0.416. The minimum Gasteiger partial charge on any atom is -0.373 e. The molecule has 0 radical (unpaired) electrons. The van der Waals surface area contributed by atoms with Crippen LogP contribution in [0.5, 0.6) is 0 Å². The summed E-state index contributed by atoms with van der Waals surface area (Å²) in [5.74, 6) is -0.350. The molecule has 78 valence electrons. The zero-order valence-electron chi connectivity index (χ0n) is 8.53. The lowest BCUT2D eigenvalue weighted by Gasteiger charge is -2.12. The van der Waals surface area contributed by atoms with Crippen LogP contribution in [0.1, 0.15) is 20.3 Å². The highest BCUT2D eigenvalue weighted by molar-refractivity contribution is 6.04. The molecule has 0 saturated carbocycles. The van der Waals surface area contributed by atoms with Crippen molar-refractivity contribution in [2.24, 2.45) is 11.8 Å². The number of amides is 2. The molecule has 4 nitrogen and oxygen atoms in total. The summed E-state index contributed by atoms with van der Waals surface area (Å²) in [6.07, 6.45) is 1.07. The Balaban J connectivity index is 1.95. The summed E-state index contributed by atoms with van der Waals surface area (Å²) in [6, 6.07) is 0. The van der Waals surface area contributed by atoms with Gasteiger partial charge in [-0.15, -0.1) is 0 Å². The van der Waals surface area contributed by atoms with Gasteiger partial charge in [0.1, 0.15) is 0 Å². The summed E-state index contributed by atoms with van der Waals surface area (Å²) in [6.45, 7) is 4.94. The van der Waals surface area contributed by atoms with E-state index >= 15 is 0 Å². The fourth-order valence-corrected chi connectivity index (χ4v) is 1.76. The first-order valence-corrected chi connectivity index (χ1v) is 5.08. The fraction of sp³-hybridized carbons (Fsp3) is 0.800. The molecule has 0 aromatic rings. The third kappa shape index (κ3) is 1.54. The average Bonchev–Trinajstić information content (AvgIpc) is 2.95. The van der Waals surface area contributed by atoms with Crippen molar-refractivity contribution >= 4 is 11.8 Å². The largest absolute Gasteiger partial charge is 0.373 e. The molecule has 2 aliphatic heterocycles. The van der Waals surface area contributed by atoms with E-state index in [1.54, 1.807) is 0 Å². The van der Waals surface area contributed by atoms with Gasteiger partial charge in [0.05, 0.1) is 12.7 Å². The first kappa shape index (κ1) is 9.65. The van der Waals surface area contributed by atoms with Crippen molar-refractivity contribution in [3.8, 4) is 0 Å². The van der Waals surface area contributed by atoms with Crippen LogP contribution in [0.3, 0.4) is 0 Å². The smallest absolute Gasteiger partial charge is 0.232 e. The zero-order valence-corrected chi connectivity index (χ0v) is 8.53. The van der Waals surface area contributed by atoms with Gasteiger partial charge in [0.15, 0.2) is 0 Å². The van der Waals surface area contributed by atoms with Gasteiger partial charge in [-0.05, 0) is 6.42 Å². The van der Waals surface area contributed by atoms with Crippen molar-refractivity contribution < 1.29 is 14.3 Å². The second kappa shape index (κ2) is 3.35. The van der Waals surface area contributed by atoms with E-state index in [9.17, 15) is 9.59 Å². The quantitative estimate of drug-likeness (QED) is 0.486. The molecule has 2 fully saturated rings. The standard InChI is InChI=1S/C10H15NO3/c1-6-7(2)10(13)11(9(6)12)4-3-8-5-14-8/h6-8H,3-5H2,1-2H3. The van der Waals surface area contributed by atoms with Crippen LogP contribution in [0.25, 0.3) is 0 Å². The molecule has 4 heteroatoms. The summed E-state index contributed by atoms with van der Waals surface area (Å²) in [5, 5.41) is 0. The highest BCUT2D eigenvalue weighted by Crippen LogP contribution is 2.26. The molecular formula is C10H15NO3. The lowest BCUT2D eigenvalue weighted by Crippen LogP contribution is -2.32. The summed E-state index contributed by atoms with van der Waals surface area (Å²) in [7, 11) is 0. The molecule has 2 amide bonds. The van der Waals surface area contributed by atoms with Crippen molar-refractivity contribution in [2.45, 2.75) is 26.4 Å². The van der Waals surface area contributed by atoms with Gasteiger partial charge in [0.2, 0.25) is 11.8 Å². The van der Waals surface area contributed by atoms with Crippen molar-refractivity contribution in [1.82, 2.24) is 4.90 Å². The molecule has 0 spiro atoms. The second-order valence-corrected chi connectivity index (χ2v) is 4.15. The van der Waals surface area contributed by atoms with Crippen LogP contribution in [0, 0.1) is 11.8 Å². The Kier molecular flexibility index (Phi) is 2.31. The number of epoxide rings is 1. The summed E-state index contributed by atoms with van der Waals surface area (Å²) >= 11 is 0. The minimum atomic E-state index is -0.150. The first-order valence-electron chi connectivity index (χ1n) is 5.08. The van der Waals surface area contributed by atoms with Crippen LogP contribution < -0.4 is 0 Å². The van der Waals surface area contributed by atoms with Gasteiger partial charge in [-0.2, -0.15) is 0 Å². The van der Waals surface area contributed by atoms with Gasteiger partial charge in [-0.25, -0.2) is 0 Å². The van der Waals surface area contributed by atoms with Crippen LogP contribution in [0.2, 0.25) is 0 Å². The highest BCUT2D eigenvalue weighted by Gasteiger charge is 2.42. The minimum absolute atomic E-state index is 0.0249. The van der Waals surface area contributed by atoms with E-state index in [2.05, 4.69) is 0 Å². The van der Waals surface area contributed by atoms with Gasteiger partial charge < -0.3 is 4.74 Å². The molecule has 0 aliphatic carbocycles. The van der Waals surface area contributed by atoms with Gasteiger partial charge in [-0.1, -0.05) is 13.8 Å². The zero-order chi connectivity index (χ0) is 10.3. The molecule has 2 heterocycles. The molecule has 2 aliphatic rings. The number of nitrogens with zero attached hydrogens (tertiary/aromatic N) is 1. The monoisotopic (exact) mass is 197 g/mol. The topological polar surface area (TPSA) is 49.9 Å². The van der Waals surface area contributed by atoms with Gasteiger partial charge in [-0.3, -0.25) is 14.5 Å².